The second-order valence-corrected chi connectivity index (χ2v) is 15.0. The largest absolute Gasteiger partial charge is 0.756 e. The minimum absolute atomic E-state index is 0.0458. The van der Waals surface area contributed by atoms with Gasteiger partial charge in [0.25, 0.3) is 7.82 Å². The number of esters is 2. The van der Waals surface area contributed by atoms with E-state index in [1.165, 1.54) is 77.0 Å². The van der Waals surface area contributed by atoms with Gasteiger partial charge in [0.05, 0.1) is 27.7 Å². The molecule has 11 heteroatoms. The Labute approximate surface area is 280 Å². The van der Waals surface area contributed by atoms with Crippen molar-refractivity contribution < 1.29 is 46.8 Å². The third-order valence-corrected chi connectivity index (χ3v) is 8.81. The van der Waals surface area contributed by atoms with Crippen molar-refractivity contribution in [2.75, 3.05) is 47.5 Å². The van der Waals surface area contributed by atoms with Gasteiger partial charge in [-0.3, -0.25) is 14.2 Å². The Bertz CT molecular complexity index is 803. The van der Waals surface area contributed by atoms with Crippen molar-refractivity contribution in [1.29, 1.82) is 0 Å². The van der Waals surface area contributed by atoms with Gasteiger partial charge in [-0.25, -0.2) is 0 Å². The van der Waals surface area contributed by atoms with Crippen molar-refractivity contribution in [3.63, 3.8) is 0 Å². The summed E-state index contributed by atoms with van der Waals surface area (Å²) in [6.07, 6.45) is 23.5. The molecular weight excluding hydrogens is 609 g/mol. The number of ether oxygens (including phenoxy) is 2. The summed E-state index contributed by atoms with van der Waals surface area (Å²) in [6.45, 7) is 1.89. The molecule has 0 rings (SSSR count). The number of unbranched alkanes of at least 4 members (excludes halogenated alkanes) is 19. The Morgan fingerprint density at radius 1 is 0.674 bits per heavy atom. The van der Waals surface area contributed by atoms with E-state index in [-0.39, 0.29) is 26.1 Å². The lowest BCUT2D eigenvalue weighted by Gasteiger charge is -2.28. The van der Waals surface area contributed by atoms with E-state index in [0.717, 1.165) is 51.2 Å². The number of aldehydes is 1. The van der Waals surface area contributed by atoms with Crippen molar-refractivity contribution in [1.82, 2.24) is 0 Å². The summed E-state index contributed by atoms with van der Waals surface area (Å²) >= 11 is 0. The molecule has 0 spiro atoms. The molecule has 2 atom stereocenters. The fourth-order valence-corrected chi connectivity index (χ4v) is 5.65. The van der Waals surface area contributed by atoms with Crippen LogP contribution < -0.4 is 4.89 Å². The van der Waals surface area contributed by atoms with E-state index in [1.807, 2.05) is 21.1 Å². The number of quaternary nitrogens is 1. The Balaban J connectivity index is 4.32. The van der Waals surface area contributed by atoms with Crippen LogP contribution in [0, 0.1) is 0 Å². The Hall–Kier alpha value is -1.32. The lowest BCUT2D eigenvalue weighted by atomic mass is 10.0. The van der Waals surface area contributed by atoms with Gasteiger partial charge >= 0.3 is 11.9 Å². The molecule has 10 nitrogen and oxygen atoms in total. The van der Waals surface area contributed by atoms with Gasteiger partial charge in [-0.1, -0.05) is 116 Å². The lowest BCUT2D eigenvalue weighted by molar-refractivity contribution is -0.870. The topological polar surface area (TPSA) is 128 Å². The first-order chi connectivity index (χ1) is 22.0. The van der Waals surface area contributed by atoms with Crippen LogP contribution in [0.2, 0.25) is 0 Å². The number of hydrogen-bond donors (Lipinski definition) is 0. The Morgan fingerprint density at radius 3 is 1.61 bits per heavy atom. The fourth-order valence-electron chi connectivity index (χ4n) is 4.93. The van der Waals surface area contributed by atoms with Gasteiger partial charge in [0.15, 0.2) is 6.10 Å². The van der Waals surface area contributed by atoms with Crippen molar-refractivity contribution >= 4 is 26.0 Å². The number of phosphoric ester groups is 1. The van der Waals surface area contributed by atoms with Crippen molar-refractivity contribution in [2.45, 2.75) is 161 Å². The zero-order valence-corrected chi connectivity index (χ0v) is 30.7. The van der Waals surface area contributed by atoms with E-state index < -0.39 is 32.5 Å². The maximum atomic E-state index is 12.4. The van der Waals surface area contributed by atoms with Crippen LogP contribution in [0.4, 0.5) is 0 Å². The zero-order chi connectivity index (χ0) is 34.4. The first kappa shape index (κ1) is 44.7. The predicted octanol–water partition coefficient (Wildman–Crippen LogP) is 7.84. The monoisotopic (exact) mass is 677 g/mol. The number of carbonyl (C=O) groups excluding carboxylic acids is 3. The summed E-state index contributed by atoms with van der Waals surface area (Å²) in [5, 5.41) is 0. The molecule has 0 bridgehead atoms. The minimum atomic E-state index is -4.63. The van der Waals surface area contributed by atoms with Gasteiger partial charge in [-0.2, -0.15) is 0 Å². The van der Waals surface area contributed by atoms with Gasteiger partial charge in [0.2, 0.25) is 0 Å². The van der Waals surface area contributed by atoms with Crippen LogP contribution in [0.3, 0.4) is 0 Å². The summed E-state index contributed by atoms with van der Waals surface area (Å²) in [5.74, 6) is -0.915. The summed E-state index contributed by atoms with van der Waals surface area (Å²) in [4.78, 5) is 47.4. The maximum Gasteiger partial charge on any atom is 0.306 e. The first-order valence-corrected chi connectivity index (χ1v) is 19.6. The van der Waals surface area contributed by atoms with Crippen molar-refractivity contribution in [2.24, 2.45) is 0 Å². The van der Waals surface area contributed by atoms with Gasteiger partial charge in [0, 0.05) is 19.3 Å². The molecule has 0 N–H and O–H groups in total. The van der Waals surface area contributed by atoms with Crippen LogP contribution in [0.15, 0.2) is 0 Å². The quantitative estimate of drug-likeness (QED) is 0.0220. The highest BCUT2D eigenvalue weighted by Crippen LogP contribution is 2.38. The molecule has 1 unspecified atom stereocenters. The minimum Gasteiger partial charge on any atom is -0.756 e. The summed E-state index contributed by atoms with van der Waals surface area (Å²) in [6, 6.07) is 0. The first-order valence-electron chi connectivity index (χ1n) is 18.2. The number of hydrogen-bond acceptors (Lipinski definition) is 9. The van der Waals surface area contributed by atoms with Crippen molar-refractivity contribution in [3.05, 3.63) is 0 Å². The molecule has 46 heavy (non-hydrogen) atoms. The second-order valence-electron chi connectivity index (χ2n) is 13.6. The summed E-state index contributed by atoms with van der Waals surface area (Å²) in [5.41, 5.74) is 0. The smallest absolute Gasteiger partial charge is 0.306 e. The van der Waals surface area contributed by atoms with Crippen LogP contribution in [-0.4, -0.2) is 76.3 Å². The molecular formula is C35H68NO9P. The zero-order valence-electron chi connectivity index (χ0n) is 29.8. The Morgan fingerprint density at radius 2 is 1.13 bits per heavy atom. The Kier molecular flexibility index (Phi) is 28.9. The average molecular weight is 678 g/mol. The van der Waals surface area contributed by atoms with E-state index >= 15 is 0 Å². The van der Waals surface area contributed by atoms with Crippen LogP contribution in [0.5, 0.6) is 0 Å². The summed E-state index contributed by atoms with van der Waals surface area (Å²) < 4.78 is 33.4. The molecule has 0 saturated carbocycles. The van der Waals surface area contributed by atoms with Crippen LogP contribution in [-0.2, 0) is 37.5 Å². The van der Waals surface area contributed by atoms with Gasteiger partial charge in [-0.05, 0) is 19.3 Å². The molecule has 0 heterocycles. The van der Waals surface area contributed by atoms with E-state index in [1.54, 1.807) is 0 Å². The molecule has 0 aliphatic carbocycles. The highest BCUT2D eigenvalue weighted by atomic mass is 31.2. The predicted molar refractivity (Wildman–Crippen MR) is 181 cm³/mol. The third kappa shape index (κ3) is 32.6. The van der Waals surface area contributed by atoms with E-state index in [4.69, 9.17) is 18.5 Å². The SMILES string of the molecule is CCCCCCCCCCCCCCCCCC(=O)OC[C@H](COP(=O)([O-])OCC[N+](C)(C)C)OC(=O)CCCCCCCC=O. The molecule has 0 aromatic carbocycles. The molecule has 0 fully saturated rings. The molecule has 272 valence electrons. The number of carbonyl (C=O) groups is 3. The normalized spacial score (nSPS) is 13.7. The van der Waals surface area contributed by atoms with Gasteiger partial charge in [0.1, 0.15) is 26.0 Å². The maximum absolute atomic E-state index is 12.4. The molecule has 0 radical (unpaired) electrons. The standard InChI is InChI=1S/C35H68NO9P/c1-5-6-7-8-9-10-11-12-13-14-15-16-17-20-23-26-34(38)42-31-33(32-44-46(40,41)43-30-28-36(2,3)4)45-35(39)27-24-21-18-19-22-25-29-37/h29,33H,5-28,30-32H2,1-4H3/t33-/m1/s1. The van der Waals surface area contributed by atoms with Crippen molar-refractivity contribution in [3.8, 4) is 0 Å². The average Bonchev–Trinajstić information content (AvgIpc) is 2.99. The third-order valence-electron chi connectivity index (χ3n) is 7.85. The molecule has 0 aromatic heterocycles. The number of nitrogens with zero attached hydrogens (tertiary/aromatic N) is 1. The van der Waals surface area contributed by atoms with Crippen LogP contribution in [0.25, 0.3) is 0 Å². The fraction of sp³-hybridized carbons (Fsp3) is 0.914. The van der Waals surface area contributed by atoms with E-state index in [0.29, 0.717) is 23.9 Å². The molecule has 0 aliphatic heterocycles. The van der Waals surface area contributed by atoms with Crippen LogP contribution in [0.1, 0.15) is 155 Å². The van der Waals surface area contributed by atoms with Gasteiger partial charge in [-0.15, -0.1) is 0 Å². The highest BCUT2D eigenvalue weighted by molar-refractivity contribution is 7.45. The van der Waals surface area contributed by atoms with E-state index in [9.17, 15) is 23.8 Å². The van der Waals surface area contributed by atoms with Gasteiger partial charge < -0.3 is 32.7 Å². The molecule has 0 aromatic rings. The van der Waals surface area contributed by atoms with E-state index in [2.05, 4.69) is 6.92 Å². The second kappa shape index (κ2) is 29.8. The highest BCUT2D eigenvalue weighted by Gasteiger charge is 2.21. The lowest BCUT2D eigenvalue weighted by Crippen LogP contribution is -2.37. The molecule has 0 aliphatic rings. The van der Waals surface area contributed by atoms with Crippen LogP contribution >= 0.6 is 7.82 Å². The summed E-state index contributed by atoms with van der Waals surface area (Å²) in [7, 11) is 1.11. The number of rotatable bonds is 34. The molecule has 0 saturated heterocycles. The molecule has 0 amide bonds. The number of phosphoric acid groups is 1. The number of likely N-dealkylation sites (N-methyl/N-ethyl adjacent to an activating group) is 1.